The van der Waals surface area contributed by atoms with Crippen molar-refractivity contribution < 1.29 is 14.3 Å². The summed E-state index contributed by atoms with van der Waals surface area (Å²) < 4.78 is 5.40. The zero-order valence-electron chi connectivity index (χ0n) is 14.6. The number of esters is 1. The minimum Gasteiger partial charge on any atom is -0.465 e. The Kier molecular flexibility index (Phi) is 6.96. The first-order valence-electron chi connectivity index (χ1n) is 7.98. The maximum atomic E-state index is 12.1. The van der Waals surface area contributed by atoms with E-state index in [1.807, 2.05) is 11.4 Å². The van der Waals surface area contributed by atoms with E-state index in [4.69, 9.17) is 23.2 Å². The molecule has 1 N–H and O–H groups in total. The lowest BCUT2D eigenvalue weighted by molar-refractivity contribution is -0.113. The van der Waals surface area contributed by atoms with Crippen LogP contribution in [0.1, 0.15) is 10.4 Å². The van der Waals surface area contributed by atoms with Gasteiger partial charge in [0.05, 0.1) is 29.1 Å². The fourth-order valence-corrected chi connectivity index (χ4v) is 4.41. The van der Waals surface area contributed by atoms with E-state index in [1.165, 1.54) is 30.2 Å². The third-order valence-electron chi connectivity index (χ3n) is 3.61. The molecule has 9 heteroatoms. The molecule has 3 aromatic rings. The van der Waals surface area contributed by atoms with Gasteiger partial charge in [0.2, 0.25) is 5.91 Å². The molecule has 0 aliphatic rings. The molecule has 0 spiro atoms. The summed E-state index contributed by atoms with van der Waals surface area (Å²) in [5, 5.41) is 5.76. The molecular weight excluding hydrogens is 439 g/mol. The fraction of sp³-hybridized carbons (Fsp3) is 0.105. The SMILES string of the molecule is COC(=O)c1ccc(NC(=O)CSc2nc(-c3ccc(Cl)cc3Cl)cs2)cc1. The first-order chi connectivity index (χ1) is 13.5. The number of amides is 1. The fourth-order valence-electron chi connectivity index (χ4n) is 2.28. The molecule has 0 atom stereocenters. The molecule has 2 aromatic carbocycles. The van der Waals surface area contributed by atoms with Crippen molar-refractivity contribution in [1.82, 2.24) is 4.98 Å². The van der Waals surface area contributed by atoms with Crippen molar-refractivity contribution in [2.75, 3.05) is 18.2 Å². The van der Waals surface area contributed by atoms with Gasteiger partial charge in [0, 0.05) is 21.7 Å². The van der Waals surface area contributed by atoms with Gasteiger partial charge in [-0.3, -0.25) is 4.79 Å². The van der Waals surface area contributed by atoms with Crippen LogP contribution >= 0.6 is 46.3 Å². The van der Waals surface area contributed by atoms with Gasteiger partial charge >= 0.3 is 5.97 Å². The number of ether oxygens (including phenoxy) is 1. The summed E-state index contributed by atoms with van der Waals surface area (Å²) in [4.78, 5) is 28.1. The van der Waals surface area contributed by atoms with E-state index in [0.29, 0.717) is 21.3 Å². The number of thioether (sulfide) groups is 1. The predicted octanol–water partition coefficient (Wildman–Crippen LogP) is 5.63. The molecule has 0 unspecified atom stereocenters. The van der Waals surface area contributed by atoms with Crippen molar-refractivity contribution in [3.05, 3.63) is 63.5 Å². The number of thiazole rings is 1. The summed E-state index contributed by atoms with van der Waals surface area (Å²) >= 11 is 14.9. The molecule has 0 saturated carbocycles. The smallest absolute Gasteiger partial charge is 0.337 e. The van der Waals surface area contributed by atoms with E-state index in [-0.39, 0.29) is 11.7 Å². The Hall–Kier alpha value is -2.06. The van der Waals surface area contributed by atoms with Crippen LogP contribution in [0.5, 0.6) is 0 Å². The Bertz CT molecular complexity index is 1010. The molecule has 1 amide bonds. The van der Waals surface area contributed by atoms with Crippen LogP contribution in [0.25, 0.3) is 11.3 Å². The molecule has 144 valence electrons. The number of hydrogen-bond donors (Lipinski definition) is 1. The summed E-state index contributed by atoms with van der Waals surface area (Å²) in [6.45, 7) is 0. The van der Waals surface area contributed by atoms with E-state index in [1.54, 1.807) is 36.4 Å². The van der Waals surface area contributed by atoms with E-state index in [9.17, 15) is 9.59 Å². The molecule has 28 heavy (non-hydrogen) atoms. The molecule has 0 radical (unpaired) electrons. The largest absolute Gasteiger partial charge is 0.465 e. The van der Waals surface area contributed by atoms with Crippen molar-refractivity contribution in [2.24, 2.45) is 0 Å². The number of anilines is 1. The second-order valence-electron chi connectivity index (χ2n) is 5.53. The van der Waals surface area contributed by atoms with Crippen LogP contribution in [-0.4, -0.2) is 29.7 Å². The van der Waals surface area contributed by atoms with Crippen molar-refractivity contribution in [3.63, 3.8) is 0 Å². The van der Waals surface area contributed by atoms with Crippen LogP contribution < -0.4 is 5.32 Å². The van der Waals surface area contributed by atoms with Crippen molar-refractivity contribution in [1.29, 1.82) is 0 Å². The Morgan fingerprint density at radius 1 is 1.18 bits per heavy atom. The molecule has 3 rings (SSSR count). The topological polar surface area (TPSA) is 68.3 Å². The monoisotopic (exact) mass is 452 g/mol. The van der Waals surface area contributed by atoms with Gasteiger partial charge in [0.1, 0.15) is 0 Å². The molecule has 0 bridgehead atoms. The molecule has 0 saturated heterocycles. The van der Waals surface area contributed by atoms with Crippen LogP contribution in [0, 0.1) is 0 Å². The summed E-state index contributed by atoms with van der Waals surface area (Å²) in [6.07, 6.45) is 0. The minimum atomic E-state index is -0.422. The van der Waals surface area contributed by atoms with Gasteiger partial charge in [0.15, 0.2) is 4.34 Å². The lowest BCUT2D eigenvalue weighted by Crippen LogP contribution is -2.14. The van der Waals surface area contributed by atoms with E-state index >= 15 is 0 Å². The van der Waals surface area contributed by atoms with Gasteiger partial charge in [-0.1, -0.05) is 35.0 Å². The predicted molar refractivity (Wildman–Crippen MR) is 115 cm³/mol. The Balaban J connectivity index is 1.56. The number of carbonyl (C=O) groups is 2. The summed E-state index contributed by atoms with van der Waals surface area (Å²) in [5.41, 5.74) is 2.56. The van der Waals surface area contributed by atoms with Crippen LogP contribution in [0.4, 0.5) is 5.69 Å². The first-order valence-corrected chi connectivity index (χ1v) is 10.6. The first kappa shape index (κ1) is 20.7. The maximum Gasteiger partial charge on any atom is 0.337 e. The lowest BCUT2D eigenvalue weighted by atomic mass is 10.2. The molecule has 5 nitrogen and oxygen atoms in total. The van der Waals surface area contributed by atoms with Crippen LogP contribution in [0.15, 0.2) is 52.2 Å². The van der Waals surface area contributed by atoms with Gasteiger partial charge in [-0.2, -0.15) is 0 Å². The van der Waals surface area contributed by atoms with Crippen LogP contribution in [0.3, 0.4) is 0 Å². The molecule has 0 aliphatic carbocycles. The second kappa shape index (κ2) is 9.43. The molecule has 0 aliphatic heterocycles. The number of benzene rings is 2. The molecule has 1 heterocycles. The highest BCUT2D eigenvalue weighted by molar-refractivity contribution is 8.01. The zero-order valence-corrected chi connectivity index (χ0v) is 17.7. The number of methoxy groups -OCH3 is 1. The van der Waals surface area contributed by atoms with E-state index in [2.05, 4.69) is 15.0 Å². The lowest BCUT2D eigenvalue weighted by Gasteiger charge is -2.05. The summed E-state index contributed by atoms with van der Waals surface area (Å²) in [5.74, 6) is -0.383. The number of rotatable bonds is 6. The third kappa shape index (κ3) is 5.26. The standard InChI is InChI=1S/C19H14Cl2N2O3S2/c1-26-18(25)11-2-5-13(6-3-11)22-17(24)10-28-19-23-16(9-27-19)14-7-4-12(20)8-15(14)21/h2-9H,10H2,1H3,(H,22,24). The van der Waals surface area contributed by atoms with Crippen LogP contribution in [-0.2, 0) is 9.53 Å². The number of aromatic nitrogens is 1. The van der Waals surface area contributed by atoms with E-state index < -0.39 is 5.97 Å². The van der Waals surface area contributed by atoms with Gasteiger partial charge in [-0.05, 0) is 42.5 Å². The normalized spacial score (nSPS) is 10.5. The summed E-state index contributed by atoms with van der Waals surface area (Å²) in [7, 11) is 1.32. The number of halogens is 2. The molecule has 0 fully saturated rings. The highest BCUT2D eigenvalue weighted by atomic mass is 35.5. The number of carbonyl (C=O) groups excluding carboxylic acids is 2. The molecule has 1 aromatic heterocycles. The number of hydrogen-bond acceptors (Lipinski definition) is 6. The number of nitrogens with zero attached hydrogens (tertiary/aromatic N) is 1. The van der Waals surface area contributed by atoms with Crippen LogP contribution in [0.2, 0.25) is 10.0 Å². The Labute approximate surface area is 180 Å². The van der Waals surface area contributed by atoms with E-state index in [0.717, 1.165) is 15.6 Å². The quantitative estimate of drug-likeness (QED) is 0.387. The van der Waals surface area contributed by atoms with Gasteiger partial charge < -0.3 is 10.1 Å². The van der Waals surface area contributed by atoms with Gasteiger partial charge in [-0.25, -0.2) is 9.78 Å². The summed E-state index contributed by atoms with van der Waals surface area (Å²) in [6, 6.07) is 11.7. The Morgan fingerprint density at radius 3 is 2.61 bits per heavy atom. The van der Waals surface area contributed by atoms with Gasteiger partial charge in [-0.15, -0.1) is 11.3 Å². The number of nitrogens with one attached hydrogen (secondary N) is 1. The zero-order chi connectivity index (χ0) is 20.1. The average Bonchev–Trinajstić information content (AvgIpc) is 3.15. The van der Waals surface area contributed by atoms with Crippen molar-refractivity contribution in [2.45, 2.75) is 4.34 Å². The van der Waals surface area contributed by atoms with Crippen molar-refractivity contribution in [3.8, 4) is 11.3 Å². The second-order valence-corrected chi connectivity index (χ2v) is 8.45. The minimum absolute atomic E-state index is 0.169. The van der Waals surface area contributed by atoms with Gasteiger partial charge in [0.25, 0.3) is 0 Å². The average molecular weight is 453 g/mol. The molecular formula is C19H14Cl2N2O3S2. The highest BCUT2D eigenvalue weighted by Crippen LogP contribution is 2.33. The highest BCUT2D eigenvalue weighted by Gasteiger charge is 2.11. The maximum absolute atomic E-state index is 12.1. The van der Waals surface area contributed by atoms with Crippen molar-refractivity contribution >= 4 is 63.9 Å². The third-order valence-corrected chi connectivity index (χ3v) is 6.18. The Morgan fingerprint density at radius 2 is 1.93 bits per heavy atom.